The third kappa shape index (κ3) is 1.43. The van der Waals surface area contributed by atoms with Gasteiger partial charge in [0.25, 0.3) is 0 Å². The summed E-state index contributed by atoms with van der Waals surface area (Å²) in [7, 11) is 0. The van der Waals surface area contributed by atoms with Crippen LogP contribution in [0.1, 0.15) is 5.56 Å². The fourth-order valence-electron chi connectivity index (χ4n) is 1.74. The van der Waals surface area contributed by atoms with Crippen LogP contribution in [0.3, 0.4) is 0 Å². The summed E-state index contributed by atoms with van der Waals surface area (Å²) in [6, 6.07) is 8.36. The van der Waals surface area contributed by atoms with Crippen molar-refractivity contribution in [3.05, 3.63) is 60.6 Å². The Hall–Kier alpha value is -2.00. The lowest BCUT2D eigenvalue weighted by Gasteiger charge is -2.35. The standard InChI is InChI=1S/C12H10N2.H2O/c1-2-6-12-11(5-1)7-10-13-8-3-4-9-14(12)13;/h1-10H;1H2. The van der Waals surface area contributed by atoms with Crippen LogP contribution >= 0.6 is 0 Å². The second kappa shape index (κ2) is 3.63. The minimum Gasteiger partial charge on any atom is -0.412 e. The largest absolute Gasteiger partial charge is 0.412 e. The first-order valence-corrected chi connectivity index (χ1v) is 4.65. The van der Waals surface area contributed by atoms with Crippen molar-refractivity contribution in [2.45, 2.75) is 0 Å². The van der Waals surface area contributed by atoms with Crippen molar-refractivity contribution in [2.75, 3.05) is 5.01 Å². The Balaban J connectivity index is 0.000000853. The van der Waals surface area contributed by atoms with E-state index in [2.05, 4.69) is 52.8 Å². The molecule has 0 aliphatic carbocycles. The van der Waals surface area contributed by atoms with Gasteiger partial charge in [-0.15, -0.1) is 0 Å². The maximum atomic E-state index is 2.12. The molecule has 1 aromatic rings. The summed E-state index contributed by atoms with van der Waals surface area (Å²) in [6.07, 6.45) is 12.3. The van der Waals surface area contributed by atoms with Crippen molar-refractivity contribution in [2.24, 2.45) is 0 Å². The second-order valence-electron chi connectivity index (χ2n) is 3.28. The number of fused-ring (bicyclic) bond motifs is 3. The molecule has 0 atom stereocenters. The highest BCUT2D eigenvalue weighted by Gasteiger charge is 2.16. The van der Waals surface area contributed by atoms with Crippen LogP contribution in [-0.2, 0) is 0 Å². The Morgan fingerprint density at radius 1 is 0.867 bits per heavy atom. The number of benzene rings is 1. The van der Waals surface area contributed by atoms with E-state index >= 15 is 0 Å². The van der Waals surface area contributed by atoms with Crippen LogP contribution in [-0.4, -0.2) is 10.5 Å². The summed E-state index contributed by atoms with van der Waals surface area (Å²) in [6.45, 7) is 0. The van der Waals surface area contributed by atoms with Crippen LogP contribution in [0, 0.1) is 0 Å². The highest BCUT2D eigenvalue weighted by molar-refractivity contribution is 5.71. The summed E-state index contributed by atoms with van der Waals surface area (Å²) in [5.41, 5.74) is 2.47. The third-order valence-corrected chi connectivity index (χ3v) is 2.42. The van der Waals surface area contributed by atoms with E-state index in [0.29, 0.717) is 0 Å². The maximum Gasteiger partial charge on any atom is 0.0702 e. The van der Waals surface area contributed by atoms with Crippen LogP contribution in [0.4, 0.5) is 5.69 Å². The molecule has 15 heavy (non-hydrogen) atoms. The van der Waals surface area contributed by atoms with Crippen LogP contribution in [0.25, 0.3) is 6.08 Å². The van der Waals surface area contributed by atoms with Gasteiger partial charge in [-0.2, -0.15) is 0 Å². The second-order valence-corrected chi connectivity index (χ2v) is 3.28. The zero-order chi connectivity index (χ0) is 9.38. The molecule has 2 aliphatic heterocycles. The zero-order valence-corrected chi connectivity index (χ0v) is 8.17. The van der Waals surface area contributed by atoms with Crippen molar-refractivity contribution < 1.29 is 5.48 Å². The average Bonchev–Trinajstić information content (AvgIpc) is 2.29. The molecule has 2 N–H and O–H groups in total. The lowest BCUT2D eigenvalue weighted by molar-refractivity contribution is 0.505. The molecule has 0 fully saturated rings. The predicted molar refractivity (Wildman–Crippen MR) is 61.7 cm³/mol. The van der Waals surface area contributed by atoms with E-state index in [9.17, 15) is 0 Å². The normalized spacial score (nSPS) is 15.7. The number of anilines is 1. The van der Waals surface area contributed by atoms with Crippen LogP contribution in [0.2, 0.25) is 0 Å². The predicted octanol–water partition coefficient (Wildman–Crippen LogP) is 1.91. The topological polar surface area (TPSA) is 38.0 Å². The molecule has 76 valence electrons. The SMILES string of the molecule is C1=CN2C=Cc3ccccc3N2C=C1.O. The molecule has 3 rings (SSSR count). The number of hydrazine groups is 1. The van der Waals surface area contributed by atoms with Crippen molar-refractivity contribution in [1.29, 1.82) is 0 Å². The van der Waals surface area contributed by atoms with Crippen molar-refractivity contribution in [3.8, 4) is 0 Å². The van der Waals surface area contributed by atoms with Crippen molar-refractivity contribution >= 4 is 11.8 Å². The maximum absolute atomic E-state index is 2.12. The minimum atomic E-state index is 0. The quantitative estimate of drug-likeness (QED) is 0.641. The van der Waals surface area contributed by atoms with Gasteiger partial charge >= 0.3 is 0 Å². The highest BCUT2D eigenvalue weighted by atomic mass is 16.0. The first-order valence-electron chi connectivity index (χ1n) is 4.65. The van der Waals surface area contributed by atoms with Crippen molar-refractivity contribution in [3.63, 3.8) is 0 Å². The average molecular weight is 200 g/mol. The molecule has 0 spiro atoms. The molecule has 0 radical (unpaired) electrons. The minimum absolute atomic E-state index is 0. The summed E-state index contributed by atoms with van der Waals surface area (Å²) >= 11 is 0. The van der Waals surface area contributed by atoms with Gasteiger partial charge in [-0.1, -0.05) is 18.2 Å². The summed E-state index contributed by atoms with van der Waals surface area (Å²) in [5.74, 6) is 0. The first-order chi connectivity index (χ1) is 6.95. The van der Waals surface area contributed by atoms with Gasteiger partial charge in [0.05, 0.1) is 5.69 Å². The molecule has 1 aromatic carbocycles. The van der Waals surface area contributed by atoms with Gasteiger partial charge in [-0.05, 0) is 24.3 Å². The fraction of sp³-hybridized carbons (Fsp3) is 0. The summed E-state index contributed by atoms with van der Waals surface area (Å²) < 4.78 is 0. The number of hydrogen-bond acceptors (Lipinski definition) is 2. The van der Waals surface area contributed by atoms with Crippen molar-refractivity contribution in [1.82, 2.24) is 5.01 Å². The molecular weight excluding hydrogens is 188 g/mol. The number of nitrogens with zero attached hydrogens (tertiary/aromatic N) is 2. The molecule has 3 heteroatoms. The Labute approximate surface area is 88.5 Å². The zero-order valence-electron chi connectivity index (χ0n) is 8.17. The smallest absolute Gasteiger partial charge is 0.0702 e. The Bertz CT molecular complexity index is 449. The van der Waals surface area contributed by atoms with Gasteiger partial charge in [-0.25, -0.2) is 0 Å². The molecule has 0 bridgehead atoms. The van der Waals surface area contributed by atoms with E-state index in [1.807, 2.05) is 18.4 Å². The van der Waals surface area contributed by atoms with Gasteiger partial charge in [-0.3, -0.25) is 10.0 Å². The van der Waals surface area contributed by atoms with E-state index < -0.39 is 0 Å². The molecule has 0 saturated heterocycles. The number of allylic oxidation sites excluding steroid dienone is 2. The van der Waals surface area contributed by atoms with E-state index in [1.165, 1.54) is 11.3 Å². The van der Waals surface area contributed by atoms with Crippen LogP contribution in [0.5, 0.6) is 0 Å². The highest BCUT2D eigenvalue weighted by Crippen LogP contribution is 2.29. The number of rotatable bonds is 0. The lowest BCUT2D eigenvalue weighted by atomic mass is 10.1. The van der Waals surface area contributed by atoms with E-state index in [1.54, 1.807) is 0 Å². The Morgan fingerprint density at radius 3 is 2.60 bits per heavy atom. The van der Waals surface area contributed by atoms with Gasteiger partial charge in [0.2, 0.25) is 0 Å². The number of hydrogen-bond donors (Lipinski definition) is 0. The van der Waals surface area contributed by atoms with E-state index in [-0.39, 0.29) is 5.48 Å². The Morgan fingerprint density at radius 2 is 1.67 bits per heavy atom. The van der Waals surface area contributed by atoms with Crippen LogP contribution < -0.4 is 5.01 Å². The molecule has 0 aromatic heterocycles. The lowest BCUT2D eigenvalue weighted by Crippen LogP contribution is -2.33. The monoisotopic (exact) mass is 200 g/mol. The van der Waals surface area contributed by atoms with E-state index in [4.69, 9.17) is 0 Å². The molecule has 2 heterocycles. The third-order valence-electron chi connectivity index (χ3n) is 2.42. The summed E-state index contributed by atoms with van der Waals surface area (Å²) in [4.78, 5) is 0. The summed E-state index contributed by atoms with van der Waals surface area (Å²) in [5, 5.41) is 4.18. The molecule has 3 nitrogen and oxygen atoms in total. The molecule has 0 amide bonds. The molecule has 0 saturated carbocycles. The fourth-order valence-corrected chi connectivity index (χ4v) is 1.74. The molecular formula is C12H12N2O. The van der Waals surface area contributed by atoms with Gasteiger partial charge in [0.15, 0.2) is 0 Å². The number of para-hydroxylation sites is 1. The molecule has 2 aliphatic rings. The van der Waals surface area contributed by atoms with Gasteiger partial charge in [0, 0.05) is 24.2 Å². The van der Waals surface area contributed by atoms with Gasteiger partial charge in [0.1, 0.15) is 0 Å². The first kappa shape index (κ1) is 9.55. The Kier molecular flexibility index (Phi) is 2.31. The van der Waals surface area contributed by atoms with Gasteiger partial charge < -0.3 is 5.48 Å². The van der Waals surface area contributed by atoms with Crippen LogP contribution in [0.15, 0.2) is 55.0 Å². The van der Waals surface area contributed by atoms with E-state index in [0.717, 1.165) is 0 Å². The molecule has 0 unspecified atom stereocenters.